The lowest BCUT2D eigenvalue weighted by molar-refractivity contribution is -0.141. The molecular weight excluding hydrogens is 302 g/mol. The van der Waals surface area contributed by atoms with Crippen molar-refractivity contribution in [3.05, 3.63) is 71.3 Å². The third-order valence-corrected chi connectivity index (χ3v) is 4.62. The van der Waals surface area contributed by atoms with Gasteiger partial charge in [0.05, 0.1) is 5.92 Å². The van der Waals surface area contributed by atoms with Crippen molar-refractivity contribution in [2.75, 3.05) is 0 Å². The molecule has 1 aliphatic rings. The third kappa shape index (κ3) is 3.82. The van der Waals surface area contributed by atoms with E-state index in [1.54, 1.807) is 0 Å². The van der Waals surface area contributed by atoms with E-state index in [0.717, 1.165) is 17.5 Å². The molecule has 2 atom stereocenters. The first-order chi connectivity index (χ1) is 11.6. The highest BCUT2D eigenvalue weighted by Crippen LogP contribution is 2.26. The minimum Gasteiger partial charge on any atom is -0.481 e. The number of carboxylic acid groups (broad SMARTS) is 1. The fourth-order valence-corrected chi connectivity index (χ4v) is 3.31. The summed E-state index contributed by atoms with van der Waals surface area (Å²) < 4.78 is 0. The van der Waals surface area contributed by atoms with Crippen LogP contribution in [0.1, 0.15) is 40.7 Å². The quantitative estimate of drug-likeness (QED) is 0.887. The standard InChI is InChI=1S/C20H21NO3/c22-19(21-17-11-10-16(13-17)20(23)24)18-9-5-4-8-15(18)12-14-6-2-1-3-7-14/h1-9,16-17H,10-13H2,(H,21,22)(H,23,24)/t16-,17+/m1/s1. The van der Waals surface area contributed by atoms with Gasteiger partial charge in [0.25, 0.3) is 5.91 Å². The van der Waals surface area contributed by atoms with Crippen molar-refractivity contribution >= 4 is 11.9 Å². The van der Waals surface area contributed by atoms with Crippen molar-refractivity contribution < 1.29 is 14.7 Å². The van der Waals surface area contributed by atoms with Crippen LogP contribution in [-0.4, -0.2) is 23.0 Å². The highest BCUT2D eigenvalue weighted by atomic mass is 16.4. The molecule has 1 saturated carbocycles. The van der Waals surface area contributed by atoms with E-state index in [4.69, 9.17) is 5.11 Å². The maximum absolute atomic E-state index is 12.6. The molecular formula is C20H21NO3. The van der Waals surface area contributed by atoms with Crippen LogP contribution in [0, 0.1) is 5.92 Å². The molecule has 0 bridgehead atoms. The van der Waals surface area contributed by atoms with Crippen LogP contribution < -0.4 is 5.32 Å². The number of carbonyl (C=O) groups excluding carboxylic acids is 1. The largest absolute Gasteiger partial charge is 0.481 e. The van der Waals surface area contributed by atoms with Gasteiger partial charge in [0.1, 0.15) is 0 Å². The number of benzene rings is 2. The van der Waals surface area contributed by atoms with Crippen molar-refractivity contribution in [1.82, 2.24) is 5.32 Å². The lowest BCUT2D eigenvalue weighted by Crippen LogP contribution is -2.34. The second-order valence-electron chi connectivity index (χ2n) is 6.34. The molecule has 0 saturated heterocycles. The van der Waals surface area contributed by atoms with Crippen molar-refractivity contribution in [2.45, 2.75) is 31.7 Å². The zero-order valence-electron chi connectivity index (χ0n) is 13.4. The van der Waals surface area contributed by atoms with Gasteiger partial charge in [-0.15, -0.1) is 0 Å². The van der Waals surface area contributed by atoms with Crippen molar-refractivity contribution in [3.8, 4) is 0 Å². The fourth-order valence-electron chi connectivity index (χ4n) is 3.31. The summed E-state index contributed by atoms with van der Waals surface area (Å²) in [4.78, 5) is 23.7. The fraction of sp³-hybridized carbons (Fsp3) is 0.300. The maximum atomic E-state index is 12.6. The van der Waals surface area contributed by atoms with Crippen molar-refractivity contribution in [1.29, 1.82) is 0 Å². The van der Waals surface area contributed by atoms with E-state index in [1.165, 1.54) is 0 Å². The summed E-state index contributed by atoms with van der Waals surface area (Å²) in [5, 5.41) is 12.1. The van der Waals surface area contributed by atoms with Crippen LogP contribution in [0.25, 0.3) is 0 Å². The molecule has 1 aliphatic carbocycles. The van der Waals surface area contributed by atoms with Crippen LogP contribution in [0.5, 0.6) is 0 Å². The van der Waals surface area contributed by atoms with Crippen LogP contribution in [0.3, 0.4) is 0 Å². The van der Waals surface area contributed by atoms with Crippen LogP contribution in [0.4, 0.5) is 0 Å². The van der Waals surface area contributed by atoms with E-state index in [9.17, 15) is 9.59 Å². The molecule has 0 spiro atoms. The molecule has 4 nitrogen and oxygen atoms in total. The second kappa shape index (κ2) is 7.30. The smallest absolute Gasteiger partial charge is 0.306 e. The predicted octanol–water partition coefficient (Wildman–Crippen LogP) is 3.26. The van der Waals surface area contributed by atoms with E-state index in [2.05, 4.69) is 5.32 Å². The van der Waals surface area contributed by atoms with Crippen LogP contribution >= 0.6 is 0 Å². The maximum Gasteiger partial charge on any atom is 0.306 e. The number of aliphatic carboxylic acids is 1. The molecule has 1 fully saturated rings. The Balaban J connectivity index is 1.70. The molecule has 0 radical (unpaired) electrons. The Hall–Kier alpha value is -2.62. The summed E-state index contributed by atoms with van der Waals surface area (Å²) in [6, 6.07) is 17.6. The zero-order chi connectivity index (χ0) is 16.9. The Morgan fingerprint density at radius 3 is 2.42 bits per heavy atom. The molecule has 0 aromatic heterocycles. The molecule has 24 heavy (non-hydrogen) atoms. The average molecular weight is 323 g/mol. The predicted molar refractivity (Wildman–Crippen MR) is 91.9 cm³/mol. The first-order valence-electron chi connectivity index (χ1n) is 8.29. The first kappa shape index (κ1) is 16.2. The van der Waals surface area contributed by atoms with E-state index in [0.29, 0.717) is 24.8 Å². The van der Waals surface area contributed by atoms with Gasteiger partial charge in [-0.25, -0.2) is 0 Å². The molecule has 2 N–H and O–H groups in total. The lowest BCUT2D eigenvalue weighted by Gasteiger charge is -2.15. The molecule has 3 rings (SSSR count). The third-order valence-electron chi connectivity index (χ3n) is 4.62. The van der Waals surface area contributed by atoms with Gasteiger partial charge in [0.15, 0.2) is 0 Å². The second-order valence-corrected chi connectivity index (χ2v) is 6.34. The number of hydrogen-bond donors (Lipinski definition) is 2. The Morgan fingerprint density at radius 2 is 1.71 bits per heavy atom. The molecule has 0 unspecified atom stereocenters. The van der Waals surface area contributed by atoms with Crippen LogP contribution in [0.15, 0.2) is 54.6 Å². The van der Waals surface area contributed by atoms with Crippen molar-refractivity contribution in [2.24, 2.45) is 5.92 Å². The zero-order valence-corrected chi connectivity index (χ0v) is 13.4. The number of hydrogen-bond acceptors (Lipinski definition) is 2. The van der Waals surface area contributed by atoms with Gasteiger partial charge in [-0.3, -0.25) is 9.59 Å². The van der Waals surface area contributed by atoms with E-state index < -0.39 is 5.97 Å². The summed E-state index contributed by atoms with van der Waals surface area (Å²) in [7, 11) is 0. The van der Waals surface area contributed by atoms with Crippen LogP contribution in [0.2, 0.25) is 0 Å². The highest BCUT2D eigenvalue weighted by Gasteiger charge is 2.30. The summed E-state index contributed by atoms with van der Waals surface area (Å²) in [5.74, 6) is -1.22. The Labute approximate surface area is 141 Å². The van der Waals surface area contributed by atoms with Crippen LogP contribution in [-0.2, 0) is 11.2 Å². The number of carboxylic acids is 1. The molecule has 2 aromatic carbocycles. The molecule has 2 aromatic rings. The highest BCUT2D eigenvalue weighted by molar-refractivity contribution is 5.96. The van der Waals surface area contributed by atoms with E-state index in [1.807, 2.05) is 54.6 Å². The molecule has 0 heterocycles. The minimum absolute atomic E-state index is 0.0524. The average Bonchev–Trinajstić information content (AvgIpc) is 3.05. The normalized spacial score (nSPS) is 19.8. The summed E-state index contributed by atoms with van der Waals surface area (Å²) in [5.41, 5.74) is 2.80. The SMILES string of the molecule is O=C(N[C@H]1CC[C@@H](C(=O)O)C1)c1ccccc1Cc1ccccc1. The van der Waals surface area contributed by atoms with Gasteiger partial charge in [-0.2, -0.15) is 0 Å². The first-order valence-corrected chi connectivity index (χ1v) is 8.29. The molecule has 0 aliphatic heterocycles. The van der Waals surface area contributed by atoms with Gasteiger partial charge < -0.3 is 10.4 Å². The van der Waals surface area contributed by atoms with Crippen molar-refractivity contribution in [3.63, 3.8) is 0 Å². The topological polar surface area (TPSA) is 66.4 Å². The lowest BCUT2D eigenvalue weighted by atomic mass is 9.99. The Kier molecular flexibility index (Phi) is 4.94. The molecule has 124 valence electrons. The van der Waals surface area contributed by atoms with Gasteiger partial charge in [-0.05, 0) is 42.9 Å². The van der Waals surface area contributed by atoms with Gasteiger partial charge in [-0.1, -0.05) is 48.5 Å². The molecule has 4 heteroatoms. The Bertz CT molecular complexity index is 727. The number of carbonyl (C=O) groups is 2. The summed E-state index contributed by atoms with van der Waals surface area (Å²) in [6.07, 6.45) is 2.57. The Morgan fingerprint density at radius 1 is 1.00 bits per heavy atom. The molecule has 1 amide bonds. The van der Waals surface area contributed by atoms with E-state index in [-0.39, 0.29) is 17.9 Å². The number of amides is 1. The van der Waals surface area contributed by atoms with Gasteiger partial charge >= 0.3 is 5.97 Å². The minimum atomic E-state index is -0.767. The van der Waals surface area contributed by atoms with Gasteiger partial charge in [0.2, 0.25) is 0 Å². The summed E-state index contributed by atoms with van der Waals surface area (Å²) in [6.45, 7) is 0. The monoisotopic (exact) mass is 323 g/mol. The number of nitrogens with one attached hydrogen (secondary N) is 1. The number of rotatable bonds is 5. The summed E-state index contributed by atoms with van der Waals surface area (Å²) >= 11 is 0. The van der Waals surface area contributed by atoms with E-state index >= 15 is 0 Å². The van der Waals surface area contributed by atoms with Gasteiger partial charge in [0, 0.05) is 11.6 Å².